The van der Waals surface area contributed by atoms with Crippen LogP contribution in [0.1, 0.15) is 155 Å². The number of hydrogen-bond donors (Lipinski definition) is 4. The summed E-state index contributed by atoms with van der Waals surface area (Å²) in [6.45, 7) is 4.14. The molecule has 4 N–H and O–H groups in total. The number of aliphatic hydroxyl groups excluding tert-OH is 3. The topological polar surface area (TPSA) is 89.8 Å². The molecule has 0 aromatic carbocycles. The van der Waals surface area contributed by atoms with Crippen molar-refractivity contribution < 1.29 is 20.1 Å². The van der Waals surface area contributed by atoms with Gasteiger partial charge in [0, 0.05) is 0 Å². The third-order valence-electron chi connectivity index (χ3n) is 7.41. The van der Waals surface area contributed by atoms with Crippen molar-refractivity contribution in [3.05, 3.63) is 36.5 Å². The monoisotopic (exact) mass is 563 g/mol. The molecule has 5 nitrogen and oxygen atoms in total. The van der Waals surface area contributed by atoms with Gasteiger partial charge in [-0.2, -0.15) is 0 Å². The third-order valence-corrected chi connectivity index (χ3v) is 7.41. The van der Waals surface area contributed by atoms with Crippen molar-refractivity contribution in [2.24, 2.45) is 0 Å². The molecular formula is C35H65NO4. The average Bonchev–Trinajstić information content (AvgIpc) is 2.94. The Morgan fingerprint density at radius 3 is 1.60 bits per heavy atom. The lowest BCUT2D eigenvalue weighted by molar-refractivity contribution is -0.124. The highest BCUT2D eigenvalue weighted by atomic mass is 16.3. The summed E-state index contributed by atoms with van der Waals surface area (Å²) < 4.78 is 0. The van der Waals surface area contributed by atoms with Gasteiger partial charge in [0.1, 0.15) is 0 Å². The molecule has 3 unspecified atom stereocenters. The van der Waals surface area contributed by atoms with Crippen LogP contribution in [0.25, 0.3) is 0 Å². The molecule has 234 valence electrons. The molecule has 0 spiro atoms. The van der Waals surface area contributed by atoms with Crippen LogP contribution in [0, 0.1) is 0 Å². The van der Waals surface area contributed by atoms with Crippen molar-refractivity contribution in [2.45, 2.75) is 173 Å². The van der Waals surface area contributed by atoms with E-state index in [1.54, 1.807) is 6.08 Å². The summed E-state index contributed by atoms with van der Waals surface area (Å²) in [6, 6.07) is -0.762. The maximum atomic E-state index is 12.3. The summed E-state index contributed by atoms with van der Waals surface area (Å²) in [4.78, 5) is 12.3. The molecule has 5 heteroatoms. The van der Waals surface area contributed by atoms with Crippen LogP contribution in [-0.2, 0) is 4.79 Å². The van der Waals surface area contributed by atoms with Crippen LogP contribution in [0.3, 0.4) is 0 Å². The third kappa shape index (κ3) is 26.8. The first-order valence-corrected chi connectivity index (χ1v) is 16.8. The van der Waals surface area contributed by atoms with Crippen molar-refractivity contribution in [3.8, 4) is 0 Å². The first-order chi connectivity index (χ1) is 19.5. The second-order valence-electron chi connectivity index (χ2n) is 11.4. The summed E-state index contributed by atoms with van der Waals surface area (Å²) in [5.74, 6) is -0.334. The average molecular weight is 564 g/mol. The highest BCUT2D eigenvalue weighted by Crippen LogP contribution is 2.13. The van der Waals surface area contributed by atoms with Crippen LogP contribution in [0.2, 0.25) is 0 Å². The number of hydrogen-bond acceptors (Lipinski definition) is 4. The molecule has 0 aromatic rings. The molecule has 3 atom stereocenters. The van der Waals surface area contributed by atoms with Gasteiger partial charge in [-0.3, -0.25) is 4.79 Å². The van der Waals surface area contributed by atoms with E-state index < -0.39 is 18.2 Å². The summed E-state index contributed by atoms with van der Waals surface area (Å²) in [5, 5.41) is 32.8. The first-order valence-electron chi connectivity index (χ1n) is 16.8. The summed E-state index contributed by atoms with van der Waals surface area (Å²) in [6.07, 6.45) is 35.5. The van der Waals surface area contributed by atoms with Crippen molar-refractivity contribution in [2.75, 3.05) is 6.61 Å². The lowest BCUT2D eigenvalue weighted by atomic mass is 10.0. The number of aliphatic hydroxyl groups is 3. The minimum atomic E-state index is -0.954. The van der Waals surface area contributed by atoms with E-state index in [4.69, 9.17) is 0 Å². The lowest BCUT2D eigenvalue weighted by Crippen LogP contribution is -2.45. The number of carbonyl (C=O) groups is 1. The van der Waals surface area contributed by atoms with E-state index in [0.29, 0.717) is 6.42 Å². The maximum absolute atomic E-state index is 12.3. The Morgan fingerprint density at radius 2 is 1.07 bits per heavy atom. The molecule has 0 fully saturated rings. The van der Waals surface area contributed by atoms with Crippen molar-refractivity contribution in [1.29, 1.82) is 0 Å². The van der Waals surface area contributed by atoms with E-state index in [2.05, 4.69) is 43.5 Å². The molecule has 40 heavy (non-hydrogen) atoms. The van der Waals surface area contributed by atoms with Crippen LogP contribution < -0.4 is 5.32 Å². The molecule has 0 aliphatic carbocycles. The highest BCUT2D eigenvalue weighted by Gasteiger charge is 2.20. The van der Waals surface area contributed by atoms with Crippen molar-refractivity contribution in [1.82, 2.24) is 5.32 Å². The number of unbranched alkanes of at least 4 members (excludes halogenated alkanes) is 16. The Hall–Kier alpha value is -1.43. The number of amides is 1. The van der Waals surface area contributed by atoms with Gasteiger partial charge in [0.25, 0.3) is 0 Å². The van der Waals surface area contributed by atoms with E-state index in [9.17, 15) is 20.1 Å². The molecule has 0 heterocycles. The Balaban J connectivity index is 3.88. The molecule has 0 aliphatic rings. The normalized spacial score (nSPS) is 14.4. The molecular weight excluding hydrogens is 498 g/mol. The van der Waals surface area contributed by atoms with Gasteiger partial charge in [0.15, 0.2) is 0 Å². The quantitative estimate of drug-likeness (QED) is 0.0543. The van der Waals surface area contributed by atoms with E-state index in [-0.39, 0.29) is 18.9 Å². The molecule has 0 rings (SSSR count). The largest absolute Gasteiger partial charge is 0.394 e. The SMILES string of the molecule is CCCCCCC/C=C/CC/C=C/CC/C=C/C(O)C(CO)NC(=O)CC(O)CCCCCCCCCCCC. The van der Waals surface area contributed by atoms with Gasteiger partial charge in [-0.25, -0.2) is 0 Å². The molecule has 0 bridgehead atoms. The Kier molecular flexibility index (Phi) is 29.4. The van der Waals surface area contributed by atoms with E-state index in [0.717, 1.165) is 38.5 Å². The zero-order chi connectivity index (χ0) is 29.5. The van der Waals surface area contributed by atoms with E-state index in [1.807, 2.05) is 6.08 Å². The van der Waals surface area contributed by atoms with Crippen LogP contribution >= 0.6 is 0 Å². The molecule has 0 radical (unpaired) electrons. The van der Waals surface area contributed by atoms with E-state index >= 15 is 0 Å². The molecule has 0 aromatic heterocycles. The molecule has 0 saturated heterocycles. The predicted molar refractivity (Wildman–Crippen MR) is 171 cm³/mol. The van der Waals surface area contributed by atoms with Gasteiger partial charge in [-0.1, -0.05) is 140 Å². The van der Waals surface area contributed by atoms with Gasteiger partial charge < -0.3 is 20.6 Å². The Morgan fingerprint density at radius 1 is 0.625 bits per heavy atom. The fourth-order valence-corrected chi connectivity index (χ4v) is 4.78. The minimum Gasteiger partial charge on any atom is -0.394 e. The van der Waals surface area contributed by atoms with Crippen LogP contribution in [0.5, 0.6) is 0 Å². The van der Waals surface area contributed by atoms with Gasteiger partial charge in [-0.05, 0) is 44.9 Å². The maximum Gasteiger partial charge on any atom is 0.222 e. The molecule has 0 saturated carbocycles. The number of allylic oxidation sites excluding steroid dienone is 5. The van der Waals surface area contributed by atoms with Crippen LogP contribution in [0.4, 0.5) is 0 Å². The zero-order valence-electron chi connectivity index (χ0n) is 26.2. The summed E-state index contributed by atoms with van der Waals surface area (Å²) in [5.41, 5.74) is 0. The highest BCUT2D eigenvalue weighted by molar-refractivity contribution is 5.76. The second-order valence-corrected chi connectivity index (χ2v) is 11.4. The van der Waals surface area contributed by atoms with E-state index in [1.165, 1.54) is 89.9 Å². The molecule has 0 aliphatic heterocycles. The van der Waals surface area contributed by atoms with Gasteiger partial charge in [0.2, 0.25) is 5.91 Å². The zero-order valence-corrected chi connectivity index (χ0v) is 26.2. The Labute approximate surface area is 247 Å². The number of rotatable bonds is 29. The van der Waals surface area contributed by atoms with Gasteiger partial charge >= 0.3 is 0 Å². The second kappa shape index (κ2) is 30.5. The van der Waals surface area contributed by atoms with Crippen molar-refractivity contribution in [3.63, 3.8) is 0 Å². The first kappa shape index (κ1) is 38.6. The number of carbonyl (C=O) groups excluding carboxylic acids is 1. The smallest absolute Gasteiger partial charge is 0.222 e. The summed E-state index contributed by atoms with van der Waals surface area (Å²) in [7, 11) is 0. The standard InChI is InChI=1S/C35H65NO4/c1-3-5-7-9-11-13-15-16-17-18-19-21-23-25-27-29-34(39)33(31-37)36-35(40)30-32(38)28-26-24-22-20-14-12-10-8-6-4-2/h15-16,19,21,27,29,32-34,37-39H,3-14,17-18,20,22-26,28,30-31H2,1-2H3,(H,36,40)/b16-15+,21-19+,29-27+. The van der Waals surface area contributed by atoms with Crippen molar-refractivity contribution >= 4 is 5.91 Å². The minimum absolute atomic E-state index is 0.00328. The number of nitrogens with one attached hydrogen (secondary N) is 1. The lowest BCUT2D eigenvalue weighted by Gasteiger charge is -2.21. The Bertz CT molecular complexity index is 631. The fraction of sp³-hybridized carbons (Fsp3) is 0.800. The predicted octanol–water partition coefficient (Wildman–Crippen LogP) is 8.48. The van der Waals surface area contributed by atoms with Crippen LogP contribution in [-0.4, -0.2) is 46.1 Å². The fourth-order valence-electron chi connectivity index (χ4n) is 4.78. The van der Waals surface area contributed by atoms with Crippen LogP contribution in [0.15, 0.2) is 36.5 Å². The summed E-state index contributed by atoms with van der Waals surface area (Å²) >= 11 is 0. The molecule has 1 amide bonds. The van der Waals surface area contributed by atoms with Gasteiger partial charge in [0.05, 0.1) is 31.3 Å². The van der Waals surface area contributed by atoms with Gasteiger partial charge in [-0.15, -0.1) is 0 Å².